The summed E-state index contributed by atoms with van der Waals surface area (Å²) in [5.74, 6) is 0.970. The molecule has 0 aliphatic rings. The smallest absolute Gasteiger partial charge is 0.0850 e. The van der Waals surface area contributed by atoms with Gasteiger partial charge in [-0.3, -0.25) is 4.68 Å². The molecule has 1 aromatic heterocycles. The fourth-order valence-electron chi connectivity index (χ4n) is 1.75. The fraction of sp³-hybridized carbons (Fsp3) is 0.769. The van der Waals surface area contributed by atoms with Crippen molar-refractivity contribution in [3.8, 4) is 0 Å². The lowest BCUT2D eigenvalue weighted by atomic mass is 10.2. The maximum absolute atomic E-state index is 6.32. The molecule has 0 saturated carbocycles. The van der Waals surface area contributed by atoms with Gasteiger partial charge >= 0.3 is 0 Å². The Labute approximate surface area is 119 Å². The van der Waals surface area contributed by atoms with Gasteiger partial charge in [0.05, 0.1) is 16.4 Å². The van der Waals surface area contributed by atoms with Crippen LogP contribution in [-0.4, -0.2) is 26.8 Å². The second-order valence-electron chi connectivity index (χ2n) is 4.70. The number of aromatic nitrogens is 2. The average Bonchev–Trinajstić information content (AvgIpc) is 2.63. The van der Waals surface area contributed by atoms with Gasteiger partial charge < -0.3 is 5.73 Å². The highest BCUT2D eigenvalue weighted by Gasteiger charge is 2.16. The van der Waals surface area contributed by atoms with E-state index in [0.29, 0.717) is 5.25 Å². The quantitative estimate of drug-likeness (QED) is 0.839. The van der Waals surface area contributed by atoms with E-state index in [-0.39, 0.29) is 6.04 Å². The molecule has 0 spiro atoms. The van der Waals surface area contributed by atoms with Crippen LogP contribution in [0.4, 0.5) is 0 Å². The van der Waals surface area contributed by atoms with Crippen LogP contribution in [0.3, 0.4) is 0 Å². The van der Waals surface area contributed by atoms with E-state index in [1.165, 1.54) is 6.42 Å². The van der Waals surface area contributed by atoms with Gasteiger partial charge in [-0.2, -0.15) is 16.9 Å². The molecule has 5 heteroatoms. The first kappa shape index (κ1) is 15.9. The Morgan fingerprint density at radius 1 is 1.44 bits per heavy atom. The third-order valence-corrected chi connectivity index (χ3v) is 5.09. The van der Waals surface area contributed by atoms with Gasteiger partial charge in [0.25, 0.3) is 0 Å². The summed E-state index contributed by atoms with van der Waals surface area (Å²) in [6, 6.07) is 0.140. The lowest BCUT2D eigenvalue weighted by Crippen LogP contribution is -2.27. The summed E-state index contributed by atoms with van der Waals surface area (Å²) >= 11 is 8.25. The number of hydrogen-bond donors (Lipinski definition) is 1. The topological polar surface area (TPSA) is 43.8 Å². The van der Waals surface area contributed by atoms with Crippen LogP contribution >= 0.6 is 23.4 Å². The second-order valence-corrected chi connectivity index (χ2v) is 6.55. The summed E-state index contributed by atoms with van der Waals surface area (Å²) in [4.78, 5) is 0. The SMILES string of the molecule is CCc1nn(C)c(CC(N)CSC(C)CC)c1Cl. The normalized spacial score (nSPS) is 14.8. The highest BCUT2D eigenvalue weighted by atomic mass is 35.5. The average molecular weight is 290 g/mol. The number of nitrogens with two attached hydrogens (primary N) is 1. The number of rotatable bonds is 7. The Kier molecular flexibility index (Phi) is 6.53. The molecule has 0 fully saturated rings. The molecule has 2 unspecified atom stereocenters. The summed E-state index contributed by atoms with van der Waals surface area (Å²) in [7, 11) is 1.94. The molecule has 0 aliphatic carbocycles. The van der Waals surface area contributed by atoms with Crippen LogP contribution in [0.1, 0.15) is 38.6 Å². The van der Waals surface area contributed by atoms with Gasteiger partial charge in [0, 0.05) is 30.5 Å². The van der Waals surface area contributed by atoms with E-state index in [4.69, 9.17) is 17.3 Å². The lowest BCUT2D eigenvalue weighted by molar-refractivity contribution is 0.650. The largest absolute Gasteiger partial charge is 0.327 e. The number of hydrogen-bond acceptors (Lipinski definition) is 3. The molecule has 3 nitrogen and oxygen atoms in total. The van der Waals surface area contributed by atoms with Crippen molar-refractivity contribution < 1.29 is 0 Å². The Hall–Kier alpha value is -0.190. The predicted octanol–water partition coefficient (Wildman–Crippen LogP) is 3.04. The molecule has 0 bridgehead atoms. The van der Waals surface area contributed by atoms with Crippen LogP contribution in [0.25, 0.3) is 0 Å². The first-order chi connectivity index (χ1) is 8.49. The van der Waals surface area contributed by atoms with Crippen LogP contribution in [0.15, 0.2) is 0 Å². The molecular weight excluding hydrogens is 266 g/mol. The first-order valence-corrected chi connectivity index (χ1v) is 7.99. The van der Waals surface area contributed by atoms with Gasteiger partial charge in [-0.25, -0.2) is 0 Å². The number of halogens is 1. The Bertz CT molecular complexity index is 379. The van der Waals surface area contributed by atoms with Gasteiger partial charge in [0.1, 0.15) is 0 Å². The molecule has 104 valence electrons. The molecule has 1 rings (SSSR count). The zero-order valence-corrected chi connectivity index (χ0v) is 13.3. The number of nitrogens with zero attached hydrogens (tertiary/aromatic N) is 2. The van der Waals surface area contributed by atoms with E-state index in [1.807, 2.05) is 23.5 Å². The third kappa shape index (κ3) is 4.18. The maximum Gasteiger partial charge on any atom is 0.0850 e. The Morgan fingerprint density at radius 2 is 2.11 bits per heavy atom. The Morgan fingerprint density at radius 3 is 2.61 bits per heavy atom. The summed E-state index contributed by atoms with van der Waals surface area (Å²) in [5, 5.41) is 5.88. The molecule has 1 aromatic rings. The van der Waals surface area contributed by atoms with Crippen molar-refractivity contribution in [2.24, 2.45) is 12.8 Å². The standard InChI is InChI=1S/C13H24ClN3S/c1-5-9(3)18-8-10(15)7-12-13(14)11(6-2)16-17(12)4/h9-10H,5-8,15H2,1-4H3. The highest BCUT2D eigenvalue weighted by Crippen LogP contribution is 2.23. The lowest BCUT2D eigenvalue weighted by Gasteiger charge is -2.14. The first-order valence-electron chi connectivity index (χ1n) is 6.56. The van der Waals surface area contributed by atoms with Crippen molar-refractivity contribution in [1.82, 2.24) is 9.78 Å². The molecule has 2 N–H and O–H groups in total. The zero-order valence-electron chi connectivity index (χ0n) is 11.7. The molecule has 2 atom stereocenters. The van der Waals surface area contributed by atoms with Crippen LogP contribution in [0.2, 0.25) is 5.02 Å². The van der Waals surface area contributed by atoms with E-state index in [1.54, 1.807) is 0 Å². The second kappa shape index (κ2) is 7.41. The van der Waals surface area contributed by atoms with Crippen LogP contribution < -0.4 is 5.73 Å². The van der Waals surface area contributed by atoms with Gasteiger partial charge in [-0.05, 0) is 12.8 Å². The van der Waals surface area contributed by atoms with E-state index < -0.39 is 0 Å². The van der Waals surface area contributed by atoms with Crippen molar-refractivity contribution in [1.29, 1.82) is 0 Å². The van der Waals surface area contributed by atoms with Gasteiger partial charge in [0.15, 0.2) is 0 Å². The molecule has 1 heterocycles. The van der Waals surface area contributed by atoms with E-state index in [0.717, 1.165) is 35.0 Å². The van der Waals surface area contributed by atoms with Crippen LogP contribution in [0, 0.1) is 0 Å². The zero-order chi connectivity index (χ0) is 13.7. The minimum Gasteiger partial charge on any atom is -0.327 e. The minimum atomic E-state index is 0.140. The molecule has 0 amide bonds. The Balaban J connectivity index is 2.59. The number of thioether (sulfide) groups is 1. The molecule has 0 saturated heterocycles. The fourth-order valence-corrected chi connectivity index (χ4v) is 3.05. The summed E-state index contributed by atoms with van der Waals surface area (Å²) in [6.07, 6.45) is 2.85. The van der Waals surface area contributed by atoms with Crippen molar-refractivity contribution in [2.75, 3.05) is 5.75 Å². The third-order valence-electron chi connectivity index (χ3n) is 3.13. The van der Waals surface area contributed by atoms with Crippen molar-refractivity contribution in [2.45, 2.75) is 51.3 Å². The van der Waals surface area contributed by atoms with Crippen LogP contribution in [0.5, 0.6) is 0 Å². The highest BCUT2D eigenvalue weighted by molar-refractivity contribution is 7.99. The van der Waals surface area contributed by atoms with Crippen molar-refractivity contribution in [3.05, 3.63) is 16.4 Å². The summed E-state index contributed by atoms with van der Waals surface area (Å²) in [5.41, 5.74) is 8.21. The van der Waals surface area contributed by atoms with E-state index in [2.05, 4.69) is 25.9 Å². The van der Waals surface area contributed by atoms with Gasteiger partial charge in [-0.1, -0.05) is 32.4 Å². The monoisotopic (exact) mass is 289 g/mol. The van der Waals surface area contributed by atoms with Crippen LogP contribution in [-0.2, 0) is 19.9 Å². The molecule has 0 aliphatic heterocycles. The maximum atomic E-state index is 6.32. The molecule has 18 heavy (non-hydrogen) atoms. The van der Waals surface area contributed by atoms with Crippen molar-refractivity contribution in [3.63, 3.8) is 0 Å². The molecule has 0 radical (unpaired) electrons. The van der Waals surface area contributed by atoms with Gasteiger partial charge in [-0.15, -0.1) is 0 Å². The number of aryl methyl sites for hydroxylation is 2. The van der Waals surface area contributed by atoms with E-state index in [9.17, 15) is 0 Å². The summed E-state index contributed by atoms with van der Waals surface area (Å²) < 4.78 is 1.87. The van der Waals surface area contributed by atoms with Crippen molar-refractivity contribution >= 4 is 23.4 Å². The minimum absolute atomic E-state index is 0.140. The predicted molar refractivity (Wildman–Crippen MR) is 81.5 cm³/mol. The summed E-state index contributed by atoms with van der Waals surface area (Å²) in [6.45, 7) is 6.51. The van der Waals surface area contributed by atoms with Gasteiger partial charge in [0.2, 0.25) is 0 Å². The van der Waals surface area contributed by atoms with E-state index >= 15 is 0 Å². The molecular formula is C13H24ClN3S. The molecule has 0 aromatic carbocycles.